The number of halogens is 4. The molecule has 1 aromatic heterocycles. The lowest BCUT2D eigenvalue weighted by atomic mass is 10.1. The molecule has 1 saturated heterocycles. The normalized spacial score (nSPS) is 19.0. The number of sulfonamides is 1. The zero-order valence-electron chi connectivity index (χ0n) is 13.9. The topological polar surface area (TPSA) is 72.4 Å². The van der Waals surface area contributed by atoms with Gasteiger partial charge in [0.1, 0.15) is 6.10 Å². The van der Waals surface area contributed by atoms with Crippen molar-refractivity contribution in [2.75, 3.05) is 13.1 Å². The van der Waals surface area contributed by atoms with Gasteiger partial charge in [-0.05, 0) is 31.0 Å². The van der Waals surface area contributed by atoms with Crippen LogP contribution < -0.4 is 4.74 Å². The molecule has 0 amide bonds. The van der Waals surface area contributed by atoms with Crippen molar-refractivity contribution < 1.29 is 26.3 Å². The zero-order chi connectivity index (χ0) is 19.7. The highest BCUT2D eigenvalue weighted by Crippen LogP contribution is 2.31. The fourth-order valence-electron chi connectivity index (χ4n) is 2.71. The van der Waals surface area contributed by atoms with E-state index in [1.807, 2.05) is 0 Å². The van der Waals surface area contributed by atoms with Crippen molar-refractivity contribution in [3.05, 3.63) is 47.2 Å². The molecule has 0 spiro atoms. The first-order chi connectivity index (χ1) is 12.7. The van der Waals surface area contributed by atoms with E-state index >= 15 is 0 Å². The van der Waals surface area contributed by atoms with Crippen molar-refractivity contribution in [3.63, 3.8) is 0 Å². The van der Waals surface area contributed by atoms with Crippen LogP contribution in [-0.2, 0) is 16.2 Å². The van der Waals surface area contributed by atoms with E-state index < -0.39 is 32.8 Å². The summed E-state index contributed by atoms with van der Waals surface area (Å²) in [5.74, 6) is 0. The van der Waals surface area contributed by atoms with Crippen LogP contribution in [0.2, 0.25) is 5.02 Å². The van der Waals surface area contributed by atoms with E-state index in [9.17, 15) is 21.6 Å². The van der Waals surface area contributed by atoms with Crippen molar-refractivity contribution >= 4 is 21.6 Å². The Morgan fingerprint density at radius 3 is 2.59 bits per heavy atom. The van der Waals surface area contributed by atoms with Crippen LogP contribution >= 0.6 is 11.6 Å². The van der Waals surface area contributed by atoms with E-state index in [-0.39, 0.29) is 19.1 Å². The smallest absolute Gasteiger partial charge is 0.416 e. The molecule has 0 N–H and O–H groups in total. The molecule has 1 atom stereocenters. The molecule has 27 heavy (non-hydrogen) atoms. The molecular weight excluding hydrogens is 407 g/mol. The molecule has 146 valence electrons. The van der Waals surface area contributed by atoms with Gasteiger partial charge in [0.15, 0.2) is 0 Å². The lowest BCUT2D eigenvalue weighted by molar-refractivity contribution is -0.137. The van der Waals surface area contributed by atoms with E-state index in [0.29, 0.717) is 23.9 Å². The lowest BCUT2D eigenvalue weighted by Crippen LogP contribution is -2.44. The first-order valence-corrected chi connectivity index (χ1v) is 9.80. The van der Waals surface area contributed by atoms with Gasteiger partial charge in [-0.1, -0.05) is 17.7 Å². The minimum absolute atomic E-state index is 0.00936. The molecule has 0 radical (unpaired) electrons. The quantitative estimate of drug-likeness (QED) is 0.756. The predicted octanol–water partition coefficient (Wildman–Crippen LogP) is 3.38. The second-order valence-electron chi connectivity index (χ2n) is 5.95. The maximum Gasteiger partial charge on any atom is 0.416 e. The molecule has 3 rings (SSSR count). The number of benzene rings is 1. The Morgan fingerprint density at radius 2 is 1.93 bits per heavy atom. The number of nitrogens with zero attached hydrogens (tertiary/aromatic N) is 3. The fourth-order valence-corrected chi connectivity index (χ4v) is 4.37. The number of aromatic nitrogens is 2. The van der Waals surface area contributed by atoms with Crippen LogP contribution in [0.15, 0.2) is 41.6 Å². The molecule has 2 aromatic rings. The summed E-state index contributed by atoms with van der Waals surface area (Å²) in [7, 11) is -4.09. The molecule has 1 aliphatic heterocycles. The standard InChI is InChI=1S/C16H15ClF3N3O3S/c17-12-8-21-15(22-9-12)26-13-4-2-6-23(10-13)27(24,25)14-5-1-3-11(7-14)16(18,19)20/h1,3,5,7-9,13H,2,4,6,10H2/t13-/m1/s1. The van der Waals surface area contributed by atoms with Crippen molar-refractivity contribution in [1.29, 1.82) is 0 Å². The number of alkyl halides is 3. The second-order valence-corrected chi connectivity index (χ2v) is 8.33. The van der Waals surface area contributed by atoms with Gasteiger partial charge >= 0.3 is 12.2 Å². The van der Waals surface area contributed by atoms with Crippen LogP contribution in [0.4, 0.5) is 13.2 Å². The first kappa shape index (κ1) is 19.8. The Hall–Kier alpha value is -1.91. The average Bonchev–Trinajstić information content (AvgIpc) is 2.63. The maximum absolute atomic E-state index is 12.9. The molecule has 0 aliphatic carbocycles. The summed E-state index contributed by atoms with van der Waals surface area (Å²) in [6.45, 7) is 0.185. The van der Waals surface area contributed by atoms with Gasteiger partial charge in [-0.3, -0.25) is 0 Å². The van der Waals surface area contributed by atoms with Crippen LogP contribution in [0.5, 0.6) is 6.01 Å². The Kier molecular flexibility index (Phi) is 5.59. The highest BCUT2D eigenvalue weighted by molar-refractivity contribution is 7.89. The van der Waals surface area contributed by atoms with Crippen molar-refractivity contribution in [2.45, 2.75) is 30.0 Å². The summed E-state index contributed by atoms with van der Waals surface area (Å²) in [5, 5.41) is 0.333. The summed E-state index contributed by atoms with van der Waals surface area (Å²) < 4.78 is 70.9. The third kappa shape index (κ3) is 4.69. The van der Waals surface area contributed by atoms with E-state index in [2.05, 4.69) is 9.97 Å². The monoisotopic (exact) mass is 421 g/mol. The van der Waals surface area contributed by atoms with Crippen LogP contribution in [-0.4, -0.2) is 41.9 Å². The first-order valence-electron chi connectivity index (χ1n) is 7.98. The van der Waals surface area contributed by atoms with E-state index in [0.717, 1.165) is 22.5 Å². The van der Waals surface area contributed by atoms with Gasteiger partial charge in [0, 0.05) is 6.54 Å². The second kappa shape index (κ2) is 7.61. The zero-order valence-corrected chi connectivity index (χ0v) is 15.4. The molecule has 1 fully saturated rings. The van der Waals surface area contributed by atoms with Gasteiger partial charge in [-0.25, -0.2) is 18.4 Å². The number of ether oxygens (including phenoxy) is 1. The number of hydrogen-bond acceptors (Lipinski definition) is 5. The molecular formula is C16H15ClF3N3O3S. The van der Waals surface area contributed by atoms with E-state index in [4.69, 9.17) is 16.3 Å². The maximum atomic E-state index is 12.9. The minimum atomic E-state index is -4.62. The molecule has 2 heterocycles. The Bertz CT molecular complexity index is 907. The Balaban J connectivity index is 1.77. The van der Waals surface area contributed by atoms with E-state index in [1.165, 1.54) is 12.4 Å². The van der Waals surface area contributed by atoms with Crippen LogP contribution in [0.25, 0.3) is 0 Å². The molecule has 0 bridgehead atoms. The van der Waals surface area contributed by atoms with Crippen LogP contribution in [0, 0.1) is 0 Å². The fraction of sp³-hybridized carbons (Fsp3) is 0.375. The molecule has 1 aromatic carbocycles. The number of hydrogen-bond donors (Lipinski definition) is 0. The number of rotatable bonds is 4. The highest BCUT2D eigenvalue weighted by Gasteiger charge is 2.35. The molecule has 0 saturated carbocycles. The SMILES string of the molecule is O=S(=O)(c1cccc(C(F)(F)F)c1)N1CCC[C@@H](Oc2ncc(Cl)cn2)C1. The Morgan fingerprint density at radius 1 is 1.22 bits per heavy atom. The highest BCUT2D eigenvalue weighted by atomic mass is 35.5. The average molecular weight is 422 g/mol. The van der Waals surface area contributed by atoms with Crippen LogP contribution in [0.3, 0.4) is 0 Å². The largest absolute Gasteiger partial charge is 0.459 e. The molecule has 0 unspecified atom stereocenters. The third-order valence-corrected chi connectivity index (χ3v) is 6.07. The summed E-state index contributed by atoms with van der Waals surface area (Å²) in [6.07, 6.45) is -1.36. The van der Waals surface area contributed by atoms with Gasteiger partial charge in [0.05, 0.1) is 34.4 Å². The van der Waals surface area contributed by atoms with Crippen molar-refractivity contribution in [2.24, 2.45) is 0 Å². The summed E-state index contributed by atoms with van der Waals surface area (Å²) in [5.41, 5.74) is -1.01. The van der Waals surface area contributed by atoms with Gasteiger partial charge in [-0.2, -0.15) is 17.5 Å². The molecule has 11 heteroatoms. The summed E-state index contributed by atoms with van der Waals surface area (Å²) in [4.78, 5) is 7.39. The number of piperidine rings is 1. The molecule has 6 nitrogen and oxygen atoms in total. The van der Waals surface area contributed by atoms with Crippen molar-refractivity contribution in [1.82, 2.24) is 14.3 Å². The van der Waals surface area contributed by atoms with Gasteiger partial charge in [0.25, 0.3) is 0 Å². The van der Waals surface area contributed by atoms with Crippen LogP contribution in [0.1, 0.15) is 18.4 Å². The van der Waals surface area contributed by atoms with Gasteiger partial charge in [-0.15, -0.1) is 0 Å². The lowest BCUT2D eigenvalue weighted by Gasteiger charge is -2.31. The third-order valence-electron chi connectivity index (χ3n) is 4.01. The van der Waals surface area contributed by atoms with Gasteiger partial charge < -0.3 is 4.74 Å². The van der Waals surface area contributed by atoms with Gasteiger partial charge in [0.2, 0.25) is 10.0 Å². The Labute approximate surface area is 159 Å². The van der Waals surface area contributed by atoms with E-state index in [1.54, 1.807) is 0 Å². The summed E-state index contributed by atoms with van der Waals surface area (Å²) >= 11 is 5.70. The summed E-state index contributed by atoms with van der Waals surface area (Å²) in [6, 6.07) is 3.76. The predicted molar refractivity (Wildman–Crippen MR) is 90.9 cm³/mol. The minimum Gasteiger partial charge on any atom is -0.459 e. The van der Waals surface area contributed by atoms with Crippen molar-refractivity contribution in [3.8, 4) is 6.01 Å². The molecule has 1 aliphatic rings.